The van der Waals surface area contributed by atoms with E-state index in [0.717, 1.165) is 28.4 Å². The maximum atomic E-state index is 6.62. The molecule has 0 spiro atoms. The van der Waals surface area contributed by atoms with Gasteiger partial charge in [0.25, 0.3) is 0 Å². The SMILES string of the molecule is C=C(NC1C=C(C2CCCCN2C)NC(c2ccccc2Cl)N1C)c1ccccc1C.CCCCC. The van der Waals surface area contributed by atoms with E-state index >= 15 is 0 Å². The summed E-state index contributed by atoms with van der Waals surface area (Å²) in [5.41, 5.74) is 5.65. The van der Waals surface area contributed by atoms with Crippen LogP contribution < -0.4 is 10.6 Å². The Kier molecular flexibility index (Phi) is 10.9. The van der Waals surface area contributed by atoms with Gasteiger partial charge in [-0.3, -0.25) is 9.80 Å². The van der Waals surface area contributed by atoms with Crippen LogP contribution in [0.15, 0.2) is 66.9 Å². The first-order valence-corrected chi connectivity index (χ1v) is 13.9. The van der Waals surface area contributed by atoms with Crippen LogP contribution in [0.5, 0.6) is 0 Å². The van der Waals surface area contributed by atoms with E-state index in [4.69, 9.17) is 11.6 Å². The van der Waals surface area contributed by atoms with Crippen molar-refractivity contribution in [3.63, 3.8) is 0 Å². The second-order valence-corrected chi connectivity index (χ2v) is 10.5. The highest BCUT2D eigenvalue weighted by Gasteiger charge is 2.34. The molecule has 2 aromatic carbocycles. The fourth-order valence-electron chi connectivity index (χ4n) is 5.09. The topological polar surface area (TPSA) is 30.5 Å². The van der Waals surface area contributed by atoms with Gasteiger partial charge in [0, 0.05) is 28.0 Å². The lowest BCUT2D eigenvalue weighted by molar-refractivity contribution is 0.129. The molecule has 36 heavy (non-hydrogen) atoms. The number of likely N-dealkylation sites (N-methyl/N-ethyl adjacent to an activating group) is 2. The molecule has 2 heterocycles. The Balaban J connectivity index is 0.000000658. The highest BCUT2D eigenvalue weighted by molar-refractivity contribution is 6.31. The predicted molar refractivity (Wildman–Crippen MR) is 156 cm³/mol. The summed E-state index contributed by atoms with van der Waals surface area (Å²) in [6, 6.07) is 16.9. The van der Waals surface area contributed by atoms with Crippen LogP contribution in [0.4, 0.5) is 0 Å². The van der Waals surface area contributed by atoms with E-state index in [-0.39, 0.29) is 12.3 Å². The third kappa shape index (κ3) is 7.15. The number of rotatable bonds is 7. The number of benzene rings is 2. The molecule has 4 nitrogen and oxygen atoms in total. The minimum absolute atomic E-state index is 0.0000413. The average molecular weight is 509 g/mol. The minimum atomic E-state index is -0.0220. The van der Waals surface area contributed by atoms with Crippen molar-refractivity contribution in [1.82, 2.24) is 20.4 Å². The van der Waals surface area contributed by atoms with Crippen LogP contribution in [0, 0.1) is 6.92 Å². The van der Waals surface area contributed by atoms with Crippen molar-refractivity contribution in [3.05, 3.63) is 88.6 Å². The van der Waals surface area contributed by atoms with Crippen molar-refractivity contribution in [2.45, 2.75) is 77.7 Å². The molecule has 3 atom stereocenters. The minimum Gasteiger partial charge on any atom is -0.368 e. The summed E-state index contributed by atoms with van der Waals surface area (Å²) in [5.74, 6) is 0. The molecule has 0 radical (unpaired) electrons. The fraction of sp³-hybridized carbons (Fsp3) is 0.484. The Morgan fingerprint density at radius 3 is 2.39 bits per heavy atom. The number of likely N-dealkylation sites (tertiary alicyclic amines) is 1. The molecule has 0 aliphatic carbocycles. The Labute approximate surface area is 224 Å². The Hall–Kier alpha value is -2.27. The maximum absolute atomic E-state index is 6.62. The van der Waals surface area contributed by atoms with E-state index in [1.54, 1.807) is 0 Å². The molecule has 2 aliphatic rings. The van der Waals surface area contributed by atoms with Crippen LogP contribution in [-0.2, 0) is 0 Å². The normalized spacial score (nSPS) is 22.6. The first-order chi connectivity index (χ1) is 17.4. The zero-order valence-corrected chi connectivity index (χ0v) is 23.6. The number of halogens is 1. The summed E-state index contributed by atoms with van der Waals surface area (Å²) in [4.78, 5) is 4.75. The van der Waals surface area contributed by atoms with Crippen LogP contribution in [-0.4, -0.2) is 42.6 Å². The molecule has 2 aromatic rings. The third-order valence-corrected chi connectivity index (χ3v) is 7.66. The van der Waals surface area contributed by atoms with Crippen LogP contribution >= 0.6 is 11.6 Å². The molecular weight excluding hydrogens is 464 g/mol. The van der Waals surface area contributed by atoms with Crippen molar-refractivity contribution in [2.24, 2.45) is 0 Å². The van der Waals surface area contributed by atoms with Gasteiger partial charge in [-0.05, 0) is 63.7 Å². The van der Waals surface area contributed by atoms with E-state index in [1.807, 2.05) is 12.1 Å². The van der Waals surface area contributed by atoms with Gasteiger partial charge < -0.3 is 10.6 Å². The van der Waals surface area contributed by atoms with Crippen molar-refractivity contribution in [3.8, 4) is 0 Å². The molecule has 4 rings (SSSR count). The van der Waals surface area contributed by atoms with E-state index < -0.39 is 0 Å². The van der Waals surface area contributed by atoms with Gasteiger partial charge in [-0.25, -0.2) is 0 Å². The number of hydrogen-bond donors (Lipinski definition) is 2. The van der Waals surface area contributed by atoms with E-state index in [2.05, 4.69) is 104 Å². The monoisotopic (exact) mass is 508 g/mol. The zero-order chi connectivity index (χ0) is 26.1. The van der Waals surface area contributed by atoms with Gasteiger partial charge in [-0.15, -0.1) is 0 Å². The Morgan fingerprint density at radius 1 is 1.06 bits per heavy atom. The van der Waals surface area contributed by atoms with E-state index in [1.165, 1.54) is 49.8 Å². The lowest BCUT2D eigenvalue weighted by Crippen LogP contribution is -2.54. The number of unbranched alkanes of at least 4 members (excludes halogenated alkanes) is 2. The third-order valence-electron chi connectivity index (χ3n) is 7.32. The smallest absolute Gasteiger partial charge is 0.109 e. The lowest BCUT2D eigenvalue weighted by atomic mass is 9.96. The molecule has 5 heteroatoms. The van der Waals surface area contributed by atoms with Crippen molar-refractivity contribution < 1.29 is 0 Å². The summed E-state index contributed by atoms with van der Waals surface area (Å²) in [6.45, 7) is 12.0. The molecule has 0 bridgehead atoms. The largest absolute Gasteiger partial charge is 0.368 e. The van der Waals surface area contributed by atoms with Gasteiger partial charge in [0.2, 0.25) is 0 Å². The van der Waals surface area contributed by atoms with Gasteiger partial charge in [0.15, 0.2) is 0 Å². The van der Waals surface area contributed by atoms with Crippen LogP contribution in [0.25, 0.3) is 5.70 Å². The van der Waals surface area contributed by atoms with Crippen molar-refractivity contribution >= 4 is 17.3 Å². The molecule has 0 saturated carbocycles. The summed E-state index contributed by atoms with van der Waals surface area (Å²) in [6.07, 6.45) is 10.1. The number of nitrogens with one attached hydrogen (secondary N) is 2. The quantitative estimate of drug-likeness (QED) is 0.409. The highest BCUT2D eigenvalue weighted by atomic mass is 35.5. The van der Waals surface area contributed by atoms with Crippen LogP contribution in [0.1, 0.15) is 75.2 Å². The number of nitrogens with zero attached hydrogens (tertiary/aromatic N) is 2. The highest BCUT2D eigenvalue weighted by Crippen LogP contribution is 2.33. The zero-order valence-electron chi connectivity index (χ0n) is 22.9. The molecule has 3 unspecified atom stereocenters. The number of aryl methyl sites for hydroxylation is 1. The summed E-state index contributed by atoms with van der Waals surface area (Å²) >= 11 is 6.62. The molecule has 0 aromatic heterocycles. The van der Waals surface area contributed by atoms with E-state index in [9.17, 15) is 0 Å². The summed E-state index contributed by atoms with van der Waals surface area (Å²) in [5, 5.41) is 8.27. The van der Waals surface area contributed by atoms with E-state index in [0.29, 0.717) is 6.04 Å². The van der Waals surface area contributed by atoms with Crippen molar-refractivity contribution in [1.29, 1.82) is 0 Å². The predicted octanol–water partition coefficient (Wildman–Crippen LogP) is 7.33. The van der Waals surface area contributed by atoms with Gasteiger partial charge in [0.05, 0.1) is 0 Å². The fourth-order valence-corrected chi connectivity index (χ4v) is 5.33. The molecule has 1 fully saturated rings. The summed E-state index contributed by atoms with van der Waals surface area (Å²) in [7, 11) is 4.35. The van der Waals surface area contributed by atoms with Gasteiger partial charge in [-0.1, -0.05) is 100 Å². The average Bonchev–Trinajstić information content (AvgIpc) is 2.87. The first-order valence-electron chi connectivity index (χ1n) is 13.5. The molecule has 196 valence electrons. The second kappa shape index (κ2) is 13.9. The summed E-state index contributed by atoms with van der Waals surface area (Å²) < 4.78 is 0. The number of piperidine rings is 1. The Morgan fingerprint density at radius 2 is 1.75 bits per heavy atom. The second-order valence-electron chi connectivity index (χ2n) is 10.1. The Bertz CT molecular complexity index is 1020. The molecule has 0 amide bonds. The first kappa shape index (κ1) is 28.3. The van der Waals surface area contributed by atoms with Crippen LogP contribution in [0.3, 0.4) is 0 Å². The lowest BCUT2D eigenvalue weighted by Gasteiger charge is -2.45. The van der Waals surface area contributed by atoms with Crippen LogP contribution in [0.2, 0.25) is 5.02 Å². The molecule has 2 aliphatic heterocycles. The number of hydrogen-bond acceptors (Lipinski definition) is 4. The maximum Gasteiger partial charge on any atom is 0.109 e. The molecule has 1 saturated heterocycles. The van der Waals surface area contributed by atoms with Gasteiger partial charge >= 0.3 is 0 Å². The standard InChI is InChI=1S/C26H33ClN4.C5H12/c1-18-11-5-6-12-20(18)19(2)28-25-17-23(24-15-9-10-16-30(24)3)29-26(31(25)4)21-13-7-8-14-22(21)27;1-3-5-4-2/h5-8,11-14,17,24-26,28-29H,2,9-10,15-16H2,1,3-4H3;3-5H2,1-2H3. The van der Waals surface area contributed by atoms with Gasteiger partial charge in [0.1, 0.15) is 12.3 Å². The van der Waals surface area contributed by atoms with Crippen molar-refractivity contribution in [2.75, 3.05) is 20.6 Å². The molecule has 2 N–H and O–H groups in total. The van der Waals surface area contributed by atoms with Gasteiger partial charge in [-0.2, -0.15) is 0 Å². The molecular formula is C31H45ClN4.